The molecule has 1 aromatic heterocycles. The summed E-state index contributed by atoms with van der Waals surface area (Å²) in [5.41, 5.74) is 1.70. The Labute approximate surface area is 201 Å². The number of amides is 3. The molecule has 170 valence electrons. The molecular weight excluding hydrogens is 458 g/mol. The molecule has 0 aliphatic carbocycles. The number of halogens is 1. The van der Waals surface area contributed by atoms with E-state index in [1.807, 2.05) is 53.4 Å². The van der Waals surface area contributed by atoms with Gasteiger partial charge in [-0.05, 0) is 55.3 Å². The van der Waals surface area contributed by atoms with Gasteiger partial charge in [-0.1, -0.05) is 17.7 Å². The molecule has 0 bridgehead atoms. The Balaban J connectivity index is 1.20. The van der Waals surface area contributed by atoms with Gasteiger partial charge in [0.25, 0.3) is 5.91 Å². The standard InChI is InChI=1S/C25H24ClN3O3S/c26-20-4-3-5-21-19(20)13-22(33-21)25(32)27-14-16-12-24(31)29(15-16)18-9-7-17(8-10-18)28-11-2-1-6-23(28)30/h3-5,7-10,13,16H,1-2,6,11-12,14-15H2,(H,27,32). The second-order valence-electron chi connectivity index (χ2n) is 8.57. The smallest absolute Gasteiger partial charge is 0.261 e. The largest absolute Gasteiger partial charge is 0.351 e. The van der Waals surface area contributed by atoms with Crippen LogP contribution in [0.15, 0.2) is 48.5 Å². The van der Waals surface area contributed by atoms with E-state index in [2.05, 4.69) is 5.32 Å². The summed E-state index contributed by atoms with van der Waals surface area (Å²) < 4.78 is 0.976. The SMILES string of the molecule is O=C(NCC1CC(=O)N(c2ccc(N3CCCCC3=O)cc2)C1)c1cc2c(Cl)cccc2s1. The number of hydrogen-bond donors (Lipinski definition) is 1. The Hall–Kier alpha value is -2.90. The monoisotopic (exact) mass is 481 g/mol. The van der Waals surface area contributed by atoms with E-state index >= 15 is 0 Å². The molecule has 2 aromatic carbocycles. The molecule has 2 aliphatic rings. The lowest BCUT2D eigenvalue weighted by atomic mass is 10.1. The summed E-state index contributed by atoms with van der Waals surface area (Å²) in [5.74, 6) is 0.101. The first-order chi connectivity index (χ1) is 16.0. The molecule has 2 fully saturated rings. The highest BCUT2D eigenvalue weighted by atomic mass is 35.5. The number of carbonyl (C=O) groups is 3. The Morgan fingerprint density at radius 2 is 1.79 bits per heavy atom. The van der Waals surface area contributed by atoms with Crippen molar-refractivity contribution in [3.8, 4) is 0 Å². The predicted molar refractivity (Wildman–Crippen MR) is 132 cm³/mol. The number of anilines is 2. The zero-order valence-corrected chi connectivity index (χ0v) is 19.6. The fourth-order valence-electron chi connectivity index (χ4n) is 4.52. The van der Waals surface area contributed by atoms with E-state index in [-0.39, 0.29) is 23.6 Å². The summed E-state index contributed by atoms with van der Waals surface area (Å²) in [5, 5.41) is 4.49. The molecule has 33 heavy (non-hydrogen) atoms. The summed E-state index contributed by atoms with van der Waals surface area (Å²) in [6.45, 7) is 1.73. The normalized spacial score (nSPS) is 18.9. The van der Waals surface area contributed by atoms with Gasteiger partial charge in [0.05, 0.1) is 4.88 Å². The van der Waals surface area contributed by atoms with E-state index in [0.29, 0.717) is 35.8 Å². The molecule has 3 heterocycles. The summed E-state index contributed by atoms with van der Waals surface area (Å²) in [7, 11) is 0. The van der Waals surface area contributed by atoms with Crippen molar-refractivity contribution in [1.82, 2.24) is 5.32 Å². The number of rotatable bonds is 5. The fraction of sp³-hybridized carbons (Fsp3) is 0.320. The van der Waals surface area contributed by atoms with Gasteiger partial charge in [0.15, 0.2) is 0 Å². The van der Waals surface area contributed by atoms with Crippen molar-refractivity contribution in [2.24, 2.45) is 5.92 Å². The average Bonchev–Trinajstić information content (AvgIpc) is 3.42. The van der Waals surface area contributed by atoms with E-state index < -0.39 is 0 Å². The number of thiophene rings is 1. The number of nitrogens with zero attached hydrogens (tertiary/aromatic N) is 2. The maximum Gasteiger partial charge on any atom is 0.261 e. The summed E-state index contributed by atoms with van der Waals surface area (Å²) in [6, 6.07) is 15.1. The van der Waals surface area contributed by atoms with Crippen LogP contribution in [-0.4, -0.2) is 37.4 Å². The van der Waals surface area contributed by atoms with E-state index in [0.717, 1.165) is 40.8 Å². The summed E-state index contributed by atoms with van der Waals surface area (Å²) >= 11 is 7.63. The number of fused-ring (bicyclic) bond motifs is 1. The first-order valence-electron chi connectivity index (χ1n) is 11.2. The third-order valence-corrected chi connectivity index (χ3v) is 7.71. The second kappa shape index (κ2) is 9.15. The van der Waals surface area contributed by atoms with Crippen molar-refractivity contribution < 1.29 is 14.4 Å². The van der Waals surface area contributed by atoms with Crippen LogP contribution in [-0.2, 0) is 9.59 Å². The molecule has 1 N–H and O–H groups in total. The molecule has 3 amide bonds. The molecule has 1 unspecified atom stereocenters. The average molecular weight is 482 g/mol. The third-order valence-electron chi connectivity index (χ3n) is 6.28. The van der Waals surface area contributed by atoms with E-state index in [9.17, 15) is 14.4 Å². The zero-order valence-electron chi connectivity index (χ0n) is 18.1. The fourth-order valence-corrected chi connectivity index (χ4v) is 5.81. The highest BCUT2D eigenvalue weighted by molar-refractivity contribution is 7.20. The second-order valence-corrected chi connectivity index (χ2v) is 10.1. The zero-order chi connectivity index (χ0) is 22.9. The van der Waals surface area contributed by atoms with Crippen LogP contribution >= 0.6 is 22.9 Å². The molecule has 2 aliphatic heterocycles. The molecule has 3 aromatic rings. The topological polar surface area (TPSA) is 69.7 Å². The van der Waals surface area contributed by atoms with Crippen LogP contribution < -0.4 is 15.1 Å². The van der Waals surface area contributed by atoms with Gasteiger partial charge in [-0.3, -0.25) is 14.4 Å². The lowest BCUT2D eigenvalue weighted by Gasteiger charge is -2.27. The van der Waals surface area contributed by atoms with Gasteiger partial charge < -0.3 is 15.1 Å². The Kier molecular flexibility index (Phi) is 6.08. The van der Waals surface area contributed by atoms with Crippen LogP contribution in [0.4, 0.5) is 11.4 Å². The number of piperidine rings is 1. The maximum atomic E-state index is 12.7. The van der Waals surface area contributed by atoms with Crippen LogP contribution in [0, 0.1) is 5.92 Å². The maximum absolute atomic E-state index is 12.7. The molecule has 0 saturated carbocycles. The highest BCUT2D eigenvalue weighted by Gasteiger charge is 2.31. The first kappa shape index (κ1) is 21.9. The van der Waals surface area contributed by atoms with Crippen LogP contribution in [0.5, 0.6) is 0 Å². The Morgan fingerprint density at radius 3 is 2.52 bits per heavy atom. The molecule has 0 spiro atoms. The van der Waals surface area contributed by atoms with Crippen molar-refractivity contribution in [3.63, 3.8) is 0 Å². The van der Waals surface area contributed by atoms with Crippen LogP contribution in [0.2, 0.25) is 5.02 Å². The predicted octanol–water partition coefficient (Wildman–Crippen LogP) is 4.85. The number of benzene rings is 2. The van der Waals surface area contributed by atoms with Crippen LogP contribution in [0.25, 0.3) is 10.1 Å². The first-order valence-corrected chi connectivity index (χ1v) is 12.4. The molecule has 5 rings (SSSR count). The number of hydrogen-bond acceptors (Lipinski definition) is 4. The van der Waals surface area contributed by atoms with Crippen LogP contribution in [0.1, 0.15) is 35.4 Å². The highest BCUT2D eigenvalue weighted by Crippen LogP contribution is 2.31. The summed E-state index contributed by atoms with van der Waals surface area (Å²) in [4.78, 5) is 41.6. The van der Waals surface area contributed by atoms with Crippen molar-refractivity contribution in [2.45, 2.75) is 25.7 Å². The van der Waals surface area contributed by atoms with Gasteiger partial charge in [-0.25, -0.2) is 0 Å². The minimum Gasteiger partial charge on any atom is -0.351 e. The molecule has 1 atom stereocenters. The number of nitrogens with one attached hydrogen (secondary N) is 1. The van der Waals surface area contributed by atoms with Gasteiger partial charge in [0, 0.05) is 64.9 Å². The minimum atomic E-state index is -0.145. The third kappa shape index (κ3) is 4.48. The van der Waals surface area contributed by atoms with Gasteiger partial charge in [-0.2, -0.15) is 0 Å². The quantitative estimate of drug-likeness (QED) is 0.566. The lowest BCUT2D eigenvalue weighted by molar-refractivity contribution is -0.119. The van der Waals surface area contributed by atoms with Crippen molar-refractivity contribution in [2.75, 3.05) is 29.4 Å². The summed E-state index contributed by atoms with van der Waals surface area (Å²) in [6.07, 6.45) is 2.95. The minimum absolute atomic E-state index is 0.0442. The van der Waals surface area contributed by atoms with E-state index in [1.54, 1.807) is 4.90 Å². The van der Waals surface area contributed by atoms with Crippen LogP contribution in [0.3, 0.4) is 0 Å². The van der Waals surface area contributed by atoms with E-state index in [4.69, 9.17) is 11.6 Å². The van der Waals surface area contributed by atoms with Gasteiger partial charge in [0.2, 0.25) is 11.8 Å². The molecule has 2 saturated heterocycles. The molecule has 0 radical (unpaired) electrons. The van der Waals surface area contributed by atoms with Gasteiger partial charge in [-0.15, -0.1) is 11.3 Å². The van der Waals surface area contributed by atoms with Gasteiger partial charge in [0.1, 0.15) is 0 Å². The Bertz CT molecular complexity index is 1220. The Morgan fingerprint density at radius 1 is 1.03 bits per heavy atom. The molecular formula is C25H24ClN3O3S. The van der Waals surface area contributed by atoms with Crippen molar-refractivity contribution in [3.05, 3.63) is 58.4 Å². The van der Waals surface area contributed by atoms with Crippen molar-refractivity contribution in [1.29, 1.82) is 0 Å². The number of carbonyl (C=O) groups excluding carboxylic acids is 3. The van der Waals surface area contributed by atoms with Gasteiger partial charge >= 0.3 is 0 Å². The van der Waals surface area contributed by atoms with Crippen molar-refractivity contribution >= 4 is 62.1 Å². The molecule has 8 heteroatoms. The van der Waals surface area contributed by atoms with E-state index in [1.165, 1.54) is 11.3 Å². The molecule has 6 nitrogen and oxygen atoms in total. The lowest BCUT2D eigenvalue weighted by Crippen LogP contribution is -2.35.